The molecule has 0 saturated carbocycles. The maximum absolute atomic E-state index is 11.2. The van der Waals surface area contributed by atoms with Crippen molar-refractivity contribution in [1.29, 1.82) is 0 Å². The van der Waals surface area contributed by atoms with E-state index >= 15 is 0 Å². The first-order valence-electron chi connectivity index (χ1n) is 6.23. The maximum Gasteiger partial charge on any atom is 0.308 e. The van der Waals surface area contributed by atoms with Crippen molar-refractivity contribution in [2.24, 2.45) is 5.92 Å². The second kappa shape index (κ2) is 5.87. The third kappa shape index (κ3) is 3.60. The van der Waals surface area contributed by atoms with E-state index < -0.39 is 5.97 Å². The van der Waals surface area contributed by atoms with Crippen LogP contribution in [0, 0.1) is 5.92 Å². The van der Waals surface area contributed by atoms with E-state index in [0.29, 0.717) is 13.0 Å². The fourth-order valence-corrected chi connectivity index (χ4v) is 2.36. The molecule has 0 bridgehead atoms. The molecule has 1 aromatic heterocycles. The molecule has 2 heterocycles. The van der Waals surface area contributed by atoms with Gasteiger partial charge >= 0.3 is 5.97 Å². The number of likely N-dealkylation sites (tertiary alicyclic amines) is 1. The number of carbonyl (C=O) groups is 1. The Bertz CT molecular complexity index is 342. The number of furan rings is 1. The Morgan fingerprint density at radius 3 is 2.76 bits per heavy atom. The van der Waals surface area contributed by atoms with Gasteiger partial charge < -0.3 is 14.4 Å². The second-order valence-electron chi connectivity index (χ2n) is 4.68. The molecule has 2 rings (SSSR count). The molecular weight excluding hydrogens is 218 g/mol. The molecule has 1 aliphatic heterocycles. The minimum Gasteiger partial charge on any atom is -0.481 e. The van der Waals surface area contributed by atoms with Crippen molar-refractivity contribution in [2.45, 2.75) is 25.7 Å². The van der Waals surface area contributed by atoms with E-state index in [1.54, 1.807) is 12.3 Å². The van der Waals surface area contributed by atoms with Crippen molar-refractivity contribution in [3.63, 3.8) is 0 Å². The summed E-state index contributed by atoms with van der Waals surface area (Å²) in [4.78, 5) is 13.5. The molecule has 0 radical (unpaired) electrons. The summed E-state index contributed by atoms with van der Waals surface area (Å²) in [5.74, 6) is -0.333. The largest absolute Gasteiger partial charge is 0.481 e. The highest BCUT2D eigenvalue weighted by Crippen LogP contribution is 2.15. The van der Waals surface area contributed by atoms with Gasteiger partial charge in [0.25, 0.3) is 0 Å². The lowest BCUT2D eigenvalue weighted by molar-refractivity contribution is -0.142. The number of rotatable bonds is 5. The van der Waals surface area contributed by atoms with Gasteiger partial charge in [-0.15, -0.1) is 0 Å². The van der Waals surface area contributed by atoms with Gasteiger partial charge in [0.1, 0.15) is 5.76 Å². The molecule has 1 unspecified atom stereocenters. The lowest BCUT2D eigenvalue weighted by Gasteiger charge is -2.28. The number of hydrogen-bond acceptors (Lipinski definition) is 3. The van der Waals surface area contributed by atoms with Crippen LogP contribution in [0.15, 0.2) is 22.8 Å². The Morgan fingerprint density at radius 1 is 1.41 bits per heavy atom. The van der Waals surface area contributed by atoms with Crippen LogP contribution >= 0.6 is 0 Å². The van der Waals surface area contributed by atoms with Crippen LogP contribution in [0.2, 0.25) is 0 Å². The lowest BCUT2D eigenvalue weighted by atomic mass is 10.0. The second-order valence-corrected chi connectivity index (χ2v) is 4.68. The summed E-state index contributed by atoms with van der Waals surface area (Å²) in [6, 6.07) is 3.64. The molecule has 4 nitrogen and oxygen atoms in total. The zero-order valence-corrected chi connectivity index (χ0v) is 9.97. The molecule has 1 atom stereocenters. The number of carboxylic acids is 1. The van der Waals surface area contributed by atoms with E-state index in [4.69, 9.17) is 4.42 Å². The van der Waals surface area contributed by atoms with Gasteiger partial charge in [-0.2, -0.15) is 0 Å². The van der Waals surface area contributed by atoms with Crippen molar-refractivity contribution in [3.05, 3.63) is 24.2 Å². The molecule has 94 valence electrons. The number of carboxylic acid groups (broad SMARTS) is 1. The average Bonchev–Trinajstić information content (AvgIpc) is 2.82. The first-order chi connectivity index (χ1) is 8.25. The molecule has 0 aliphatic carbocycles. The highest BCUT2D eigenvalue weighted by atomic mass is 16.4. The molecule has 17 heavy (non-hydrogen) atoms. The van der Waals surface area contributed by atoms with Crippen molar-refractivity contribution in [1.82, 2.24) is 4.90 Å². The Kier molecular flexibility index (Phi) is 4.20. The van der Waals surface area contributed by atoms with Gasteiger partial charge in [-0.3, -0.25) is 4.79 Å². The van der Waals surface area contributed by atoms with Gasteiger partial charge in [0.15, 0.2) is 0 Å². The average molecular weight is 237 g/mol. The quantitative estimate of drug-likeness (QED) is 0.851. The van der Waals surface area contributed by atoms with Gasteiger partial charge in [-0.25, -0.2) is 0 Å². The Labute approximate surface area is 101 Å². The predicted octanol–water partition coefficient (Wildman–Crippen LogP) is 2.01. The molecule has 1 aliphatic rings. The molecule has 0 aromatic carbocycles. The normalized spacial score (nSPS) is 19.1. The number of piperidine rings is 1. The standard InChI is InChI=1S/C13H19NO3/c15-13(16)11(9-12-5-4-8-17-12)10-14-6-2-1-3-7-14/h4-5,8,11H,1-3,6-7,9-10H2,(H,15,16). The maximum atomic E-state index is 11.2. The predicted molar refractivity (Wildman–Crippen MR) is 63.8 cm³/mol. The molecule has 4 heteroatoms. The van der Waals surface area contributed by atoms with E-state index in [0.717, 1.165) is 18.8 Å². The Balaban J connectivity index is 1.90. The summed E-state index contributed by atoms with van der Waals surface area (Å²) in [5, 5.41) is 9.23. The first-order valence-corrected chi connectivity index (χ1v) is 6.23. The van der Waals surface area contributed by atoms with Crippen LogP contribution in [0.25, 0.3) is 0 Å². The van der Waals surface area contributed by atoms with Gasteiger partial charge in [0.2, 0.25) is 0 Å². The van der Waals surface area contributed by atoms with E-state index in [1.807, 2.05) is 6.07 Å². The number of aliphatic carboxylic acids is 1. The van der Waals surface area contributed by atoms with Crippen LogP contribution in [0.3, 0.4) is 0 Å². The highest BCUT2D eigenvalue weighted by molar-refractivity contribution is 5.70. The summed E-state index contributed by atoms with van der Waals surface area (Å²) in [5.41, 5.74) is 0. The van der Waals surface area contributed by atoms with E-state index in [1.165, 1.54) is 19.3 Å². The van der Waals surface area contributed by atoms with Crippen LogP contribution in [-0.2, 0) is 11.2 Å². The summed E-state index contributed by atoms with van der Waals surface area (Å²) in [6.07, 6.45) is 5.72. The third-order valence-electron chi connectivity index (χ3n) is 3.30. The van der Waals surface area contributed by atoms with Crippen LogP contribution in [0.4, 0.5) is 0 Å². The highest BCUT2D eigenvalue weighted by Gasteiger charge is 2.23. The first kappa shape index (κ1) is 12.2. The molecule has 1 aromatic rings. The summed E-state index contributed by atoms with van der Waals surface area (Å²) >= 11 is 0. The fourth-order valence-electron chi connectivity index (χ4n) is 2.36. The van der Waals surface area contributed by atoms with E-state index in [-0.39, 0.29) is 5.92 Å². The summed E-state index contributed by atoms with van der Waals surface area (Å²) < 4.78 is 5.22. The smallest absolute Gasteiger partial charge is 0.308 e. The van der Waals surface area contributed by atoms with Crippen LogP contribution < -0.4 is 0 Å². The van der Waals surface area contributed by atoms with Gasteiger partial charge in [0, 0.05) is 13.0 Å². The lowest BCUT2D eigenvalue weighted by Crippen LogP contribution is -2.37. The van der Waals surface area contributed by atoms with E-state index in [9.17, 15) is 9.90 Å². The third-order valence-corrected chi connectivity index (χ3v) is 3.30. The zero-order valence-electron chi connectivity index (χ0n) is 9.97. The molecule has 0 amide bonds. The van der Waals surface area contributed by atoms with Crippen molar-refractivity contribution < 1.29 is 14.3 Å². The minimum absolute atomic E-state index is 0.362. The molecule has 1 fully saturated rings. The van der Waals surface area contributed by atoms with Crippen LogP contribution in [0.5, 0.6) is 0 Å². The van der Waals surface area contributed by atoms with Crippen molar-refractivity contribution >= 4 is 5.97 Å². The Hall–Kier alpha value is -1.29. The summed E-state index contributed by atoms with van der Waals surface area (Å²) in [6.45, 7) is 2.69. The van der Waals surface area contributed by atoms with Gasteiger partial charge in [-0.1, -0.05) is 6.42 Å². The SMILES string of the molecule is O=C(O)C(Cc1ccco1)CN1CCCCC1. The fraction of sp³-hybridized carbons (Fsp3) is 0.615. The molecular formula is C13H19NO3. The topological polar surface area (TPSA) is 53.7 Å². The van der Waals surface area contributed by atoms with Crippen LogP contribution in [-0.4, -0.2) is 35.6 Å². The zero-order chi connectivity index (χ0) is 12.1. The number of hydrogen-bond donors (Lipinski definition) is 1. The summed E-state index contributed by atoms with van der Waals surface area (Å²) in [7, 11) is 0. The van der Waals surface area contributed by atoms with Crippen LogP contribution in [0.1, 0.15) is 25.0 Å². The van der Waals surface area contributed by atoms with Gasteiger partial charge in [-0.05, 0) is 38.1 Å². The minimum atomic E-state index is -0.730. The Morgan fingerprint density at radius 2 is 2.18 bits per heavy atom. The van der Waals surface area contributed by atoms with Crippen molar-refractivity contribution in [3.8, 4) is 0 Å². The molecule has 1 N–H and O–H groups in total. The monoisotopic (exact) mass is 237 g/mol. The van der Waals surface area contributed by atoms with Crippen molar-refractivity contribution in [2.75, 3.05) is 19.6 Å². The van der Waals surface area contributed by atoms with Gasteiger partial charge in [0.05, 0.1) is 12.2 Å². The number of nitrogens with zero attached hydrogens (tertiary/aromatic N) is 1. The molecule has 0 spiro atoms. The molecule has 1 saturated heterocycles. The van der Waals surface area contributed by atoms with E-state index in [2.05, 4.69) is 4.90 Å².